The molecule has 1 unspecified atom stereocenters. The third-order valence-corrected chi connectivity index (χ3v) is 2.75. The molecule has 0 radical (unpaired) electrons. The highest BCUT2D eigenvalue weighted by Crippen LogP contribution is 2.08. The standard InChI is InChI=1S/C13H18ClN3O3.ClH/c1-20-8-11(15)13(19)17-7-6-16-12(18)9-2-4-10(14)5-3-9;/h2-5,11H,6-8,15H2,1H3,(H,16,18)(H,17,19);1H. The number of halogens is 2. The molecule has 6 nitrogen and oxygen atoms in total. The molecule has 0 saturated carbocycles. The molecule has 0 fully saturated rings. The van der Waals surface area contributed by atoms with Crippen molar-refractivity contribution in [1.82, 2.24) is 10.6 Å². The molecule has 0 aliphatic carbocycles. The lowest BCUT2D eigenvalue weighted by Crippen LogP contribution is -2.45. The molecule has 0 bridgehead atoms. The van der Waals surface area contributed by atoms with Crippen molar-refractivity contribution >= 4 is 35.8 Å². The minimum atomic E-state index is -0.702. The second-order valence-electron chi connectivity index (χ2n) is 4.12. The molecule has 0 aliphatic heterocycles. The van der Waals surface area contributed by atoms with Gasteiger partial charge in [0.1, 0.15) is 6.04 Å². The minimum absolute atomic E-state index is 0. The quantitative estimate of drug-likeness (QED) is 0.635. The van der Waals surface area contributed by atoms with Gasteiger partial charge >= 0.3 is 0 Å². The molecular formula is C13H19Cl2N3O3. The van der Waals surface area contributed by atoms with E-state index < -0.39 is 6.04 Å². The third-order valence-electron chi connectivity index (χ3n) is 2.50. The second kappa shape index (κ2) is 10.4. The summed E-state index contributed by atoms with van der Waals surface area (Å²) < 4.78 is 4.77. The van der Waals surface area contributed by atoms with Gasteiger partial charge in [-0.25, -0.2) is 0 Å². The van der Waals surface area contributed by atoms with E-state index in [0.29, 0.717) is 23.7 Å². The molecule has 0 saturated heterocycles. The van der Waals surface area contributed by atoms with Crippen LogP contribution in [0.1, 0.15) is 10.4 Å². The summed E-state index contributed by atoms with van der Waals surface area (Å²) in [5.41, 5.74) is 6.05. The Hall–Kier alpha value is -1.34. The number of carbonyl (C=O) groups is 2. The average molecular weight is 336 g/mol. The van der Waals surface area contributed by atoms with Gasteiger partial charge < -0.3 is 21.1 Å². The summed E-state index contributed by atoms with van der Waals surface area (Å²) in [4.78, 5) is 23.2. The summed E-state index contributed by atoms with van der Waals surface area (Å²) in [7, 11) is 1.47. The molecule has 2 amide bonds. The van der Waals surface area contributed by atoms with E-state index in [2.05, 4.69) is 10.6 Å². The zero-order valence-corrected chi connectivity index (χ0v) is 13.2. The normalized spacial score (nSPS) is 11.2. The predicted molar refractivity (Wildman–Crippen MR) is 83.9 cm³/mol. The van der Waals surface area contributed by atoms with Crippen LogP contribution in [0.25, 0.3) is 0 Å². The van der Waals surface area contributed by atoms with Gasteiger partial charge in [-0.3, -0.25) is 9.59 Å². The van der Waals surface area contributed by atoms with Crippen LogP contribution in [0.5, 0.6) is 0 Å². The molecule has 1 aromatic rings. The number of ether oxygens (including phenoxy) is 1. The van der Waals surface area contributed by atoms with E-state index in [1.807, 2.05) is 0 Å². The maximum absolute atomic E-state index is 11.7. The smallest absolute Gasteiger partial charge is 0.251 e. The summed E-state index contributed by atoms with van der Waals surface area (Å²) >= 11 is 5.73. The Labute approximate surface area is 134 Å². The number of hydrogen-bond donors (Lipinski definition) is 3. The van der Waals surface area contributed by atoms with E-state index in [1.54, 1.807) is 24.3 Å². The number of nitrogens with two attached hydrogens (primary N) is 1. The summed E-state index contributed by atoms with van der Waals surface area (Å²) in [6, 6.07) is 5.84. The number of amides is 2. The largest absolute Gasteiger partial charge is 0.383 e. The van der Waals surface area contributed by atoms with E-state index in [9.17, 15) is 9.59 Å². The van der Waals surface area contributed by atoms with E-state index >= 15 is 0 Å². The molecule has 1 atom stereocenters. The zero-order valence-electron chi connectivity index (χ0n) is 11.6. The summed E-state index contributed by atoms with van der Waals surface area (Å²) in [5.74, 6) is -0.537. The summed E-state index contributed by atoms with van der Waals surface area (Å²) in [6.45, 7) is 0.769. The molecule has 1 aromatic carbocycles. The fourth-order valence-corrected chi connectivity index (χ4v) is 1.58. The van der Waals surface area contributed by atoms with Gasteiger partial charge in [0.05, 0.1) is 6.61 Å². The Morgan fingerprint density at radius 1 is 1.24 bits per heavy atom. The molecule has 4 N–H and O–H groups in total. The molecule has 8 heteroatoms. The Bertz CT molecular complexity index is 454. The van der Waals surface area contributed by atoms with Crippen molar-refractivity contribution in [2.24, 2.45) is 5.73 Å². The lowest BCUT2D eigenvalue weighted by atomic mass is 10.2. The van der Waals surface area contributed by atoms with E-state index in [0.717, 1.165) is 0 Å². The van der Waals surface area contributed by atoms with Gasteiger partial charge in [0.2, 0.25) is 5.91 Å². The van der Waals surface area contributed by atoms with Gasteiger partial charge in [0.25, 0.3) is 5.91 Å². The number of benzene rings is 1. The first kappa shape index (κ1) is 19.7. The van der Waals surface area contributed by atoms with Gasteiger partial charge in [-0.2, -0.15) is 0 Å². The van der Waals surface area contributed by atoms with Crippen LogP contribution in [0.15, 0.2) is 24.3 Å². The highest BCUT2D eigenvalue weighted by Gasteiger charge is 2.12. The van der Waals surface area contributed by atoms with Crippen LogP contribution in [0.4, 0.5) is 0 Å². The highest BCUT2D eigenvalue weighted by atomic mass is 35.5. The lowest BCUT2D eigenvalue weighted by molar-refractivity contribution is -0.123. The van der Waals surface area contributed by atoms with Gasteiger partial charge in [0, 0.05) is 30.8 Å². The Balaban J connectivity index is 0.00000400. The molecule has 21 heavy (non-hydrogen) atoms. The number of hydrogen-bond acceptors (Lipinski definition) is 4. The van der Waals surface area contributed by atoms with Crippen molar-refractivity contribution in [2.45, 2.75) is 6.04 Å². The van der Waals surface area contributed by atoms with Crippen LogP contribution in [0.2, 0.25) is 5.02 Å². The van der Waals surface area contributed by atoms with E-state index in [4.69, 9.17) is 22.1 Å². The number of carbonyl (C=O) groups excluding carboxylic acids is 2. The van der Waals surface area contributed by atoms with Crippen LogP contribution in [0.3, 0.4) is 0 Å². The van der Waals surface area contributed by atoms with E-state index in [1.165, 1.54) is 7.11 Å². The highest BCUT2D eigenvalue weighted by molar-refractivity contribution is 6.30. The van der Waals surface area contributed by atoms with Gasteiger partial charge in [-0.1, -0.05) is 11.6 Å². The molecule has 0 aromatic heterocycles. The van der Waals surface area contributed by atoms with Crippen molar-refractivity contribution in [3.05, 3.63) is 34.9 Å². The summed E-state index contributed by atoms with van der Waals surface area (Å²) in [6.07, 6.45) is 0. The topological polar surface area (TPSA) is 93.4 Å². The zero-order chi connectivity index (χ0) is 15.0. The molecular weight excluding hydrogens is 317 g/mol. The molecule has 0 aliphatic rings. The Morgan fingerprint density at radius 3 is 2.38 bits per heavy atom. The molecule has 118 valence electrons. The minimum Gasteiger partial charge on any atom is -0.383 e. The molecule has 0 heterocycles. The fourth-order valence-electron chi connectivity index (χ4n) is 1.45. The van der Waals surface area contributed by atoms with Crippen molar-refractivity contribution in [3.8, 4) is 0 Å². The van der Waals surface area contributed by atoms with Gasteiger partial charge in [-0.05, 0) is 24.3 Å². The average Bonchev–Trinajstić information content (AvgIpc) is 2.44. The maximum Gasteiger partial charge on any atom is 0.251 e. The lowest BCUT2D eigenvalue weighted by Gasteiger charge is -2.11. The van der Waals surface area contributed by atoms with E-state index in [-0.39, 0.29) is 30.8 Å². The van der Waals surface area contributed by atoms with Crippen LogP contribution < -0.4 is 16.4 Å². The monoisotopic (exact) mass is 335 g/mol. The van der Waals surface area contributed by atoms with Crippen molar-refractivity contribution in [1.29, 1.82) is 0 Å². The number of rotatable bonds is 7. The first-order chi connectivity index (χ1) is 9.54. The number of nitrogens with one attached hydrogen (secondary N) is 2. The number of methoxy groups -OCH3 is 1. The van der Waals surface area contributed by atoms with Crippen LogP contribution in [-0.2, 0) is 9.53 Å². The molecule has 0 spiro atoms. The second-order valence-corrected chi connectivity index (χ2v) is 4.55. The van der Waals surface area contributed by atoms with Crippen LogP contribution in [0, 0.1) is 0 Å². The van der Waals surface area contributed by atoms with Crippen LogP contribution in [-0.4, -0.2) is 44.7 Å². The fraction of sp³-hybridized carbons (Fsp3) is 0.385. The third kappa shape index (κ3) is 7.29. The maximum atomic E-state index is 11.7. The van der Waals surface area contributed by atoms with Gasteiger partial charge in [0.15, 0.2) is 0 Å². The van der Waals surface area contributed by atoms with Crippen LogP contribution >= 0.6 is 24.0 Å². The first-order valence-electron chi connectivity index (χ1n) is 6.10. The van der Waals surface area contributed by atoms with Crippen molar-refractivity contribution in [3.63, 3.8) is 0 Å². The Kier molecular flexibility index (Phi) is 9.73. The predicted octanol–water partition coefficient (Wildman–Crippen LogP) is 0.582. The molecule has 1 rings (SSSR count). The Morgan fingerprint density at radius 2 is 1.81 bits per heavy atom. The summed E-state index contributed by atoms with van der Waals surface area (Å²) in [5, 5.41) is 5.85. The van der Waals surface area contributed by atoms with Crippen molar-refractivity contribution < 1.29 is 14.3 Å². The first-order valence-corrected chi connectivity index (χ1v) is 6.48. The van der Waals surface area contributed by atoms with Gasteiger partial charge in [-0.15, -0.1) is 12.4 Å². The van der Waals surface area contributed by atoms with Crippen molar-refractivity contribution in [2.75, 3.05) is 26.8 Å². The SMILES string of the molecule is COCC(N)C(=O)NCCNC(=O)c1ccc(Cl)cc1.Cl.